The highest BCUT2D eigenvalue weighted by molar-refractivity contribution is 5.93. The van der Waals surface area contributed by atoms with E-state index >= 15 is 0 Å². The number of benzene rings is 1. The summed E-state index contributed by atoms with van der Waals surface area (Å²) in [5.41, 5.74) is 0.468. The fourth-order valence-electron chi connectivity index (χ4n) is 2.77. The normalized spacial score (nSPS) is 19.9. The van der Waals surface area contributed by atoms with E-state index in [9.17, 15) is 9.59 Å². The molecule has 0 bridgehead atoms. The van der Waals surface area contributed by atoms with Gasteiger partial charge in [0, 0.05) is 42.9 Å². The first kappa shape index (κ1) is 15.3. The number of pyridine rings is 1. The maximum absolute atomic E-state index is 12.1. The number of aryl methyl sites for hydroxylation is 1. The van der Waals surface area contributed by atoms with E-state index in [0.29, 0.717) is 17.5 Å². The number of aliphatic hydroxyl groups excluding tert-OH is 1. The highest BCUT2D eigenvalue weighted by Gasteiger charge is 2.19. The van der Waals surface area contributed by atoms with Gasteiger partial charge in [0.2, 0.25) is 0 Å². The van der Waals surface area contributed by atoms with E-state index in [4.69, 9.17) is 5.11 Å². The number of nitrogens with one attached hydrogen (secondary N) is 2. The summed E-state index contributed by atoms with van der Waals surface area (Å²) in [5, 5.41) is 16.1. The summed E-state index contributed by atoms with van der Waals surface area (Å²) in [6, 6.07) is 6.70. The number of aliphatic hydroxyl groups is 1. The lowest BCUT2D eigenvalue weighted by Gasteiger charge is -2.14. The number of amides is 2. The molecule has 2 aromatic rings. The van der Waals surface area contributed by atoms with Gasteiger partial charge >= 0.3 is 6.03 Å². The van der Waals surface area contributed by atoms with Crippen molar-refractivity contribution in [3.05, 3.63) is 53.0 Å². The van der Waals surface area contributed by atoms with Crippen LogP contribution in [0.3, 0.4) is 0 Å². The minimum atomic E-state index is -0.328. The molecule has 1 heterocycles. The summed E-state index contributed by atoms with van der Waals surface area (Å²) in [7, 11) is 1.69. The second-order valence-corrected chi connectivity index (χ2v) is 5.80. The van der Waals surface area contributed by atoms with E-state index in [2.05, 4.69) is 10.6 Å². The first-order chi connectivity index (χ1) is 11.1. The number of nitrogens with zero attached hydrogens (tertiary/aromatic N) is 1. The minimum Gasteiger partial charge on any atom is -0.396 e. The minimum absolute atomic E-state index is 0.0829. The Hall–Kier alpha value is -2.60. The fourth-order valence-corrected chi connectivity index (χ4v) is 2.77. The van der Waals surface area contributed by atoms with Crippen molar-refractivity contribution in [3.63, 3.8) is 0 Å². The predicted molar refractivity (Wildman–Crippen MR) is 89.5 cm³/mol. The van der Waals surface area contributed by atoms with Gasteiger partial charge in [0.15, 0.2) is 0 Å². The van der Waals surface area contributed by atoms with Gasteiger partial charge in [0.25, 0.3) is 5.56 Å². The molecule has 1 aromatic heterocycles. The molecular weight excluding hydrogens is 294 g/mol. The molecule has 1 aromatic carbocycles. The van der Waals surface area contributed by atoms with Gasteiger partial charge in [-0.15, -0.1) is 0 Å². The lowest BCUT2D eigenvalue weighted by Crippen LogP contribution is -2.36. The third-order valence-corrected chi connectivity index (χ3v) is 4.06. The second kappa shape index (κ2) is 6.26. The van der Waals surface area contributed by atoms with Crippen LogP contribution in [0.5, 0.6) is 0 Å². The zero-order valence-corrected chi connectivity index (χ0v) is 12.8. The molecule has 0 spiro atoms. The lowest BCUT2D eigenvalue weighted by atomic mass is 10.1. The van der Waals surface area contributed by atoms with Crippen molar-refractivity contribution < 1.29 is 9.90 Å². The summed E-state index contributed by atoms with van der Waals surface area (Å²) >= 11 is 0. The highest BCUT2D eigenvalue weighted by atomic mass is 16.3. The summed E-state index contributed by atoms with van der Waals surface area (Å²) in [6.07, 6.45) is 6.21. The quantitative estimate of drug-likeness (QED) is 0.753. The number of anilines is 1. The standard InChI is InChI=1S/C17H19N3O3/c1-20-7-6-12-3-5-14(9-15(12)16(20)22)19-17(23)18-13-4-2-11(8-13)10-21/h2-7,9,11,13,21H,8,10H2,1H3,(H2,18,19,23)/t11-,13+/m0/s1. The van der Waals surface area contributed by atoms with Gasteiger partial charge in [-0.05, 0) is 30.0 Å². The molecule has 0 saturated carbocycles. The lowest BCUT2D eigenvalue weighted by molar-refractivity contribution is 0.238. The highest BCUT2D eigenvalue weighted by Crippen LogP contribution is 2.18. The molecule has 6 heteroatoms. The molecule has 0 saturated heterocycles. The molecule has 0 radical (unpaired) electrons. The summed E-state index contributed by atoms with van der Waals surface area (Å²) in [5.74, 6) is 0.101. The SMILES string of the molecule is Cn1ccc2ccc(NC(=O)N[C@@H]3C=C[C@H](CO)C3)cc2c1=O. The number of carbonyl (C=O) groups excluding carboxylic acids is 1. The molecule has 6 nitrogen and oxygen atoms in total. The van der Waals surface area contributed by atoms with Crippen LogP contribution in [0, 0.1) is 5.92 Å². The van der Waals surface area contributed by atoms with Gasteiger partial charge in [0.1, 0.15) is 0 Å². The molecule has 1 aliphatic carbocycles. The molecule has 0 unspecified atom stereocenters. The van der Waals surface area contributed by atoms with Crippen LogP contribution in [0.2, 0.25) is 0 Å². The number of hydrogen-bond acceptors (Lipinski definition) is 3. The Morgan fingerprint density at radius 1 is 1.35 bits per heavy atom. The Balaban J connectivity index is 1.72. The van der Waals surface area contributed by atoms with E-state index < -0.39 is 0 Å². The number of urea groups is 1. The smallest absolute Gasteiger partial charge is 0.319 e. The van der Waals surface area contributed by atoms with Crippen molar-refractivity contribution in [1.29, 1.82) is 0 Å². The van der Waals surface area contributed by atoms with Crippen LogP contribution in [-0.4, -0.2) is 28.4 Å². The first-order valence-electron chi connectivity index (χ1n) is 7.53. The summed E-state index contributed by atoms with van der Waals surface area (Å²) < 4.78 is 1.50. The molecule has 1 aliphatic rings. The number of fused-ring (bicyclic) bond motifs is 1. The van der Waals surface area contributed by atoms with E-state index in [1.54, 1.807) is 25.4 Å². The van der Waals surface area contributed by atoms with E-state index in [1.165, 1.54) is 4.57 Å². The van der Waals surface area contributed by atoms with Crippen LogP contribution in [0.4, 0.5) is 10.5 Å². The molecule has 2 amide bonds. The number of carbonyl (C=O) groups is 1. The Morgan fingerprint density at radius 3 is 2.91 bits per heavy atom. The van der Waals surface area contributed by atoms with Gasteiger partial charge in [0.05, 0.1) is 0 Å². The molecule has 3 N–H and O–H groups in total. The van der Waals surface area contributed by atoms with Gasteiger partial charge in [-0.25, -0.2) is 4.79 Å². The Kier molecular flexibility index (Phi) is 4.16. The fraction of sp³-hybridized carbons (Fsp3) is 0.294. The topological polar surface area (TPSA) is 83.4 Å². The molecule has 2 atom stereocenters. The van der Waals surface area contributed by atoms with E-state index in [1.807, 2.05) is 24.3 Å². The predicted octanol–water partition coefficient (Wildman–Crippen LogP) is 1.60. The molecule has 0 fully saturated rings. The van der Waals surface area contributed by atoms with Gasteiger partial charge < -0.3 is 20.3 Å². The Labute approximate surface area is 133 Å². The van der Waals surface area contributed by atoms with Crippen LogP contribution in [-0.2, 0) is 7.05 Å². The molecular formula is C17H19N3O3. The number of hydrogen-bond donors (Lipinski definition) is 3. The van der Waals surface area contributed by atoms with Crippen LogP contribution >= 0.6 is 0 Å². The van der Waals surface area contributed by atoms with Gasteiger partial charge in [-0.2, -0.15) is 0 Å². The molecule has 3 rings (SSSR count). The number of rotatable bonds is 3. The van der Waals surface area contributed by atoms with Crippen molar-refractivity contribution in [2.75, 3.05) is 11.9 Å². The summed E-state index contributed by atoms with van der Waals surface area (Å²) in [6.45, 7) is 0.0876. The third kappa shape index (κ3) is 3.27. The van der Waals surface area contributed by atoms with Crippen molar-refractivity contribution in [3.8, 4) is 0 Å². The van der Waals surface area contributed by atoms with Crippen LogP contribution < -0.4 is 16.2 Å². The maximum atomic E-state index is 12.1. The Morgan fingerprint density at radius 2 is 2.17 bits per heavy atom. The maximum Gasteiger partial charge on any atom is 0.319 e. The van der Waals surface area contributed by atoms with E-state index in [-0.39, 0.29) is 30.2 Å². The monoisotopic (exact) mass is 313 g/mol. The largest absolute Gasteiger partial charge is 0.396 e. The van der Waals surface area contributed by atoms with Crippen LogP contribution in [0.15, 0.2) is 47.4 Å². The van der Waals surface area contributed by atoms with Crippen molar-refractivity contribution in [2.24, 2.45) is 13.0 Å². The Bertz CT molecular complexity index is 825. The van der Waals surface area contributed by atoms with Gasteiger partial charge in [-0.1, -0.05) is 18.2 Å². The zero-order chi connectivity index (χ0) is 16.4. The number of aromatic nitrogens is 1. The molecule has 0 aliphatic heterocycles. The first-order valence-corrected chi connectivity index (χ1v) is 7.53. The van der Waals surface area contributed by atoms with E-state index in [0.717, 1.165) is 5.39 Å². The van der Waals surface area contributed by atoms with Crippen LogP contribution in [0.25, 0.3) is 10.8 Å². The van der Waals surface area contributed by atoms with Gasteiger partial charge in [-0.3, -0.25) is 4.79 Å². The summed E-state index contributed by atoms with van der Waals surface area (Å²) in [4.78, 5) is 24.2. The van der Waals surface area contributed by atoms with Crippen molar-refractivity contribution in [1.82, 2.24) is 9.88 Å². The zero-order valence-electron chi connectivity index (χ0n) is 12.8. The second-order valence-electron chi connectivity index (χ2n) is 5.80. The van der Waals surface area contributed by atoms with Crippen molar-refractivity contribution >= 4 is 22.5 Å². The average Bonchev–Trinajstić information content (AvgIpc) is 2.99. The molecule has 120 valence electrons. The molecule has 23 heavy (non-hydrogen) atoms. The van der Waals surface area contributed by atoms with Crippen LogP contribution in [0.1, 0.15) is 6.42 Å². The average molecular weight is 313 g/mol. The third-order valence-electron chi connectivity index (χ3n) is 4.06. The van der Waals surface area contributed by atoms with Crippen molar-refractivity contribution in [2.45, 2.75) is 12.5 Å².